The average Bonchev–Trinajstić information content (AvgIpc) is 3.26. The van der Waals surface area contributed by atoms with Crippen LogP contribution in [0.4, 0.5) is 0 Å². The normalized spacial score (nSPS) is 24.1. The number of benzene rings is 1. The summed E-state index contributed by atoms with van der Waals surface area (Å²) in [6.45, 7) is 6.74. The number of halogens is 1. The third-order valence-electron chi connectivity index (χ3n) is 6.47. The molecule has 3 unspecified atom stereocenters. The molecule has 3 aromatic rings. The van der Waals surface area contributed by atoms with Crippen LogP contribution in [0.25, 0.3) is 21.3 Å². The molecule has 1 aromatic carbocycles. The van der Waals surface area contributed by atoms with Crippen LogP contribution in [0.1, 0.15) is 56.1 Å². The van der Waals surface area contributed by atoms with Crippen molar-refractivity contribution >= 4 is 39.1 Å². The molecule has 1 aliphatic carbocycles. The zero-order chi connectivity index (χ0) is 20.6. The second-order valence-corrected chi connectivity index (χ2v) is 9.72. The van der Waals surface area contributed by atoms with E-state index in [1.807, 2.05) is 36.4 Å². The molecular weight excluding hydrogens is 400 g/mol. The molecule has 2 heterocycles. The van der Waals surface area contributed by atoms with Gasteiger partial charge in [0.2, 0.25) is 0 Å². The smallest absolute Gasteiger partial charge is 0.262 e. The predicted octanol–water partition coefficient (Wildman–Crippen LogP) is 6.95. The van der Waals surface area contributed by atoms with E-state index >= 15 is 0 Å². The van der Waals surface area contributed by atoms with Crippen LogP contribution in [-0.4, -0.2) is 16.4 Å². The Labute approximate surface area is 181 Å². The van der Waals surface area contributed by atoms with E-state index in [0.29, 0.717) is 16.9 Å². The maximum absolute atomic E-state index is 13.6. The molecule has 1 amide bonds. The van der Waals surface area contributed by atoms with Crippen LogP contribution < -0.4 is 5.32 Å². The molecule has 1 fully saturated rings. The van der Waals surface area contributed by atoms with Crippen LogP contribution in [-0.2, 0) is 0 Å². The fourth-order valence-corrected chi connectivity index (χ4v) is 6.28. The van der Waals surface area contributed by atoms with Gasteiger partial charge in [0.15, 0.2) is 0 Å². The molecule has 1 saturated carbocycles. The summed E-state index contributed by atoms with van der Waals surface area (Å²) in [5.41, 5.74) is 1.83. The fraction of sp³-hybridized carbons (Fsp3) is 0.417. The number of hydrogen-bond acceptors (Lipinski definition) is 3. The highest BCUT2D eigenvalue weighted by atomic mass is 35.5. The molecule has 0 aliphatic heterocycles. The molecule has 3 atom stereocenters. The number of nitrogens with zero attached hydrogens (tertiary/aromatic N) is 1. The molecule has 0 radical (unpaired) electrons. The number of pyridine rings is 1. The zero-order valence-electron chi connectivity index (χ0n) is 17.2. The molecular formula is C24H27ClN2OS. The van der Waals surface area contributed by atoms with Crippen LogP contribution in [0.15, 0.2) is 42.6 Å². The highest BCUT2D eigenvalue weighted by molar-refractivity contribution is 7.21. The maximum atomic E-state index is 13.6. The number of hydrogen-bond donors (Lipinski definition) is 1. The second-order valence-electron chi connectivity index (χ2n) is 8.28. The van der Waals surface area contributed by atoms with Gasteiger partial charge in [0.25, 0.3) is 5.91 Å². The van der Waals surface area contributed by atoms with E-state index in [1.54, 1.807) is 6.20 Å². The largest absolute Gasteiger partial charge is 0.346 e. The van der Waals surface area contributed by atoms with Gasteiger partial charge in [-0.3, -0.25) is 4.79 Å². The highest BCUT2D eigenvalue weighted by Gasteiger charge is 2.45. The van der Waals surface area contributed by atoms with Gasteiger partial charge in [-0.2, -0.15) is 0 Å². The number of aromatic nitrogens is 1. The van der Waals surface area contributed by atoms with Crippen LogP contribution in [0.2, 0.25) is 5.02 Å². The van der Waals surface area contributed by atoms with Crippen molar-refractivity contribution in [3.63, 3.8) is 0 Å². The van der Waals surface area contributed by atoms with Gasteiger partial charge in [-0.05, 0) is 60.9 Å². The molecule has 1 aliphatic rings. The molecule has 0 spiro atoms. The molecule has 0 bridgehead atoms. The summed E-state index contributed by atoms with van der Waals surface area (Å²) in [4.78, 5) is 19.7. The third kappa shape index (κ3) is 3.69. The van der Waals surface area contributed by atoms with E-state index in [2.05, 4.69) is 31.1 Å². The lowest BCUT2D eigenvalue weighted by molar-refractivity contribution is 0.0867. The molecule has 2 aromatic heterocycles. The topological polar surface area (TPSA) is 42.0 Å². The highest BCUT2D eigenvalue weighted by Crippen LogP contribution is 2.45. The van der Waals surface area contributed by atoms with Crippen LogP contribution in [0, 0.1) is 11.8 Å². The first-order valence-electron chi connectivity index (χ1n) is 10.4. The summed E-state index contributed by atoms with van der Waals surface area (Å²) in [7, 11) is 0. The first-order valence-corrected chi connectivity index (χ1v) is 11.6. The molecule has 29 heavy (non-hydrogen) atoms. The number of thiophene rings is 1. The Morgan fingerprint density at radius 3 is 2.72 bits per heavy atom. The van der Waals surface area contributed by atoms with Crippen molar-refractivity contribution in [3.05, 3.63) is 52.5 Å². The Bertz CT molecular complexity index is 1030. The van der Waals surface area contributed by atoms with Gasteiger partial charge in [0.1, 0.15) is 9.71 Å². The molecule has 152 valence electrons. The van der Waals surface area contributed by atoms with Crippen molar-refractivity contribution in [2.24, 2.45) is 11.8 Å². The summed E-state index contributed by atoms with van der Waals surface area (Å²) in [6.07, 6.45) is 6.07. The fourth-order valence-electron chi connectivity index (χ4n) is 5.09. The van der Waals surface area contributed by atoms with Gasteiger partial charge in [0, 0.05) is 27.7 Å². The number of rotatable bonds is 5. The number of amides is 1. The quantitative estimate of drug-likeness (QED) is 0.479. The summed E-state index contributed by atoms with van der Waals surface area (Å²) in [6, 6.07) is 11.7. The van der Waals surface area contributed by atoms with E-state index in [9.17, 15) is 4.79 Å². The number of carbonyl (C=O) groups is 1. The lowest BCUT2D eigenvalue weighted by Gasteiger charge is -2.35. The molecule has 4 rings (SSSR count). The summed E-state index contributed by atoms with van der Waals surface area (Å²) >= 11 is 7.58. The van der Waals surface area contributed by atoms with Crippen molar-refractivity contribution < 1.29 is 4.79 Å². The van der Waals surface area contributed by atoms with E-state index in [-0.39, 0.29) is 11.4 Å². The standard InChI is InChI=1S/C24H27ClN2OS/c1-4-17-13-15(3)14-24(17,5-2)27-22(28)21-20(16-8-10-18(25)11-9-16)19-7-6-12-26-23(19)29-21/h6-12,15,17H,4-5,13-14H2,1-3H3,(H,27,28). The van der Waals surface area contributed by atoms with E-state index in [4.69, 9.17) is 11.6 Å². The van der Waals surface area contributed by atoms with Gasteiger partial charge < -0.3 is 5.32 Å². The van der Waals surface area contributed by atoms with E-state index in [0.717, 1.165) is 45.5 Å². The van der Waals surface area contributed by atoms with Crippen LogP contribution in [0.3, 0.4) is 0 Å². The Hall–Kier alpha value is -1.91. The van der Waals surface area contributed by atoms with Crippen LogP contribution in [0.5, 0.6) is 0 Å². The third-order valence-corrected chi connectivity index (χ3v) is 7.84. The van der Waals surface area contributed by atoms with Crippen molar-refractivity contribution in [3.8, 4) is 11.1 Å². The predicted molar refractivity (Wildman–Crippen MR) is 123 cm³/mol. The summed E-state index contributed by atoms with van der Waals surface area (Å²) in [5, 5.41) is 5.19. The average molecular weight is 427 g/mol. The van der Waals surface area contributed by atoms with Crippen molar-refractivity contribution in [1.29, 1.82) is 0 Å². The number of nitrogens with one attached hydrogen (secondary N) is 1. The Kier molecular flexibility index (Phi) is 5.67. The van der Waals surface area contributed by atoms with Gasteiger partial charge in [0.05, 0.1) is 0 Å². The Balaban J connectivity index is 1.78. The van der Waals surface area contributed by atoms with Gasteiger partial charge in [-0.1, -0.05) is 50.9 Å². The zero-order valence-corrected chi connectivity index (χ0v) is 18.7. The van der Waals surface area contributed by atoms with Crippen molar-refractivity contribution in [1.82, 2.24) is 10.3 Å². The molecule has 5 heteroatoms. The Morgan fingerprint density at radius 1 is 1.28 bits per heavy atom. The minimum atomic E-state index is -0.119. The van der Waals surface area contributed by atoms with Crippen molar-refractivity contribution in [2.75, 3.05) is 0 Å². The van der Waals surface area contributed by atoms with Gasteiger partial charge in [-0.15, -0.1) is 11.3 Å². The second kappa shape index (κ2) is 8.08. The minimum absolute atomic E-state index is 0.0207. The first-order chi connectivity index (χ1) is 14.0. The SMILES string of the molecule is CCC1CC(C)CC1(CC)NC(=O)c1sc2ncccc2c1-c1ccc(Cl)cc1. The van der Waals surface area contributed by atoms with Gasteiger partial charge >= 0.3 is 0 Å². The minimum Gasteiger partial charge on any atom is -0.346 e. The molecule has 1 N–H and O–H groups in total. The first kappa shape index (κ1) is 20.4. The van der Waals surface area contributed by atoms with Gasteiger partial charge in [-0.25, -0.2) is 4.98 Å². The maximum Gasteiger partial charge on any atom is 0.262 e. The van der Waals surface area contributed by atoms with E-state index in [1.165, 1.54) is 17.8 Å². The molecule has 3 nitrogen and oxygen atoms in total. The monoisotopic (exact) mass is 426 g/mol. The lowest BCUT2D eigenvalue weighted by Crippen LogP contribution is -2.50. The number of fused-ring (bicyclic) bond motifs is 1. The van der Waals surface area contributed by atoms with Crippen LogP contribution >= 0.6 is 22.9 Å². The number of carbonyl (C=O) groups excluding carboxylic acids is 1. The lowest BCUT2D eigenvalue weighted by atomic mass is 9.82. The Morgan fingerprint density at radius 2 is 2.03 bits per heavy atom. The molecule has 0 saturated heterocycles. The van der Waals surface area contributed by atoms with Crippen molar-refractivity contribution in [2.45, 2.75) is 52.0 Å². The summed E-state index contributed by atoms with van der Waals surface area (Å²) in [5.74, 6) is 1.19. The summed E-state index contributed by atoms with van der Waals surface area (Å²) < 4.78 is 0. The van der Waals surface area contributed by atoms with E-state index < -0.39 is 0 Å².